The van der Waals surface area contributed by atoms with E-state index in [9.17, 15) is 9.59 Å². The zero-order chi connectivity index (χ0) is 18.4. The number of nitrogens with two attached hydrogens (primary N) is 1. The van der Waals surface area contributed by atoms with Crippen LogP contribution in [-0.2, 0) is 16.1 Å². The van der Waals surface area contributed by atoms with Crippen LogP contribution >= 0.6 is 23.2 Å². The molecule has 2 aromatic rings. The fourth-order valence-corrected chi connectivity index (χ4v) is 2.39. The van der Waals surface area contributed by atoms with Crippen molar-refractivity contribution >= 4 is 35.1 Å². The van der Waals surface area contributed by atoms with Crippen LogP contribution in [0.15, 0.2) is 36.4 Å². The summed E-state index contributed by atoms with van der Waals surface area (Å²) >= 11 is 12.0. The van der Waals surface area contributed by atoms with Gasteiger partial charge in [-0.2, -0.15) is 0 Å². The maximum Gasteiger partial charge on any atom is 0.338 e. The molecule has 0 bridgehead atoms. The van der Waals surface area contributed by atoms with Crippen molar-refractivity contribution in [3.8, 4) is 11.5 Å². The number of carbonyl (C=O) groups is 2. The molecule has 0 unspecified atom stereocenters. The molecule has 25 heavy (non-hydrogen) atoms. The van der Waals surface area contributed by atoms with Gasteiger partial charge in [0.2, 0.25) is 0 Å². The van der Waals surface area contributed by atoms with Crippen LogP contribution in [0.5, 0.6) is 11.5 Å². The van der Waals surface area contributed by atoms with Crippen molar-refractivity contribution in [2.24, 2.45) is 5.73 Å². The van der Waals surface area contributed by atoms with Gasteiger partial charge in [-0.25, -0.2) is 4.79 Å². The molecule has 0 aliphatic carbocycles. The summed E-state index contributed by atoms with van der Waals surface area (Å²) in [4.78, 5) is 22.5. The average molecular weight is 384 g/mol. The van der Waals surface area contributed by atoms with Crippen LogP contribution in [0.3, 0.4) is 0 Å². The number of hydrogen-bond donors (Lipinski definition) is 1. The third-order valence-electron chi connectivity index (χ3n) is 3.14. The molecular formula is C17H15Cl2NO5. The molecule has 0 aromatic heterocycles. The Morgan fingerprint density at radius 3 is 2.48 bits per heavy atom. The Balaban J connectivity index is 2.10. The van der Waals surface area contributed by atoms with E-state index in [1.54, 1.807) is 24.3 Å². The molecule has 0 atom stereocenters. The van der Waals surface area contributed by atoms with Crippen LogP contribution < -0.4 is 15.2 Å². The Hall–Kier alpha value is -2.44. The summed E-state index contributed by atoms with van der Waals surface area (Å²) in [6.45, 7) is -0.299. The lowest BCUT2D eigenvalue weighted by atomic mass is 10.2. The van der Waals surface area contributed by atoms with Gasteiger partial charge in [-0.1, -0.05) is 29.3 Å². The van der Waals surface area contributed by atoms with Crippen molar-refractivity contribution in [3.05, 3.63) is 57.6 Å². The number of benzene rings is 2. The quantitative estimate of drug-likeness (QED) is 0.741. The molecule has 2 rings (SSSR count). The van der Waals surface area contributed by atoms with E-state index in [1.807, 2.05) is 0 Å². The van der Waals surface area contributed by atoms with Crippen molar-refractivity contribution in [1.29, 1.82) is 0 Å². The first-order chi connectivity index (χ1) is 11.9. The number of rotatable bonds is 7. The van der Waals surface area contributed by atoms with Gasteiger partial charge in [-0.15, -0.1) is 0 Å². The minimum absolute atomic E-state index is 0.192. The molecule has 8 heteroatoms. The van der Waals surface area contributed by atoms with E-state index in [2.05, 4.69) is 0 Å². The number of carbonyl (C=O) groups excluding carboxylic acids is 2. The number of amides is 1. The number of esters is 1. The van der Waals surface area contributed by atoms with E-state index >= 15 is 0 Å². The lowest BCUT2D eigenvalue weighted by Crippen LogP contribution is -2.20. The SMILES string of the molecule is COc1cc(C(=O)OCC(N)=O)ccc1OCc1ccc(Cl)cc1Cl. The summed E-state index contributed by atoms with van der Waals surface area (Å²) < 4.78 is 15.7. The maximum absolute atomic E-state index is 11.8. The number of ether oxygens (including phenoxy) is 3. The maximum atomic E-state index is 11.8. The van der Waals surface area contributed by atoms with Crippen molar-refractivity contribution in [2.75, 3.05) is 13.7 Å². The Morgan fingerprint density at radius 1 is 1.08 bits per heavy atom. The lowest BCUT2D eigenvalue weighted by molar-refractivity contribution is -0.121. The standard InChI is InChI=1S/C17H15Cl2NO5/c1-23-15-6-10(17(22)25-9-16(20)21)3-5-14(15)24-8-11-2-4-12(18)7-13(11)19/h2-7H,8-9H2,1H3,(H2,20,21). The van der Waals surface area contributed by atoms with Crippen LogP contribution in [0.25, 0.3) is 0 Å². The van der Waals surface area contributed by atoms with Gasteiger partial charge >= 0.3 is 5.97 Å². The molecule has 0 radical (unpaired) electrons. The minimum atomic E-state index is -0.736. The first kappa shape index (κ1) is 18.9. The number of primary amides is 1. The normalized spacial score (nSPS) is 10.2. The molecule has 0 aliphatic heterocycles. The van der Waals surface area contributed by atoms with Crippen LogP contribution in [0.1, 0.15) is 15.9 Å². The molecule has 0 saturated heterocycles. The Labute approximate surface area is 154 Å². The molecule has 132 valence electrons. The van der Waals surface area contributed by atoms with E-state index in [4.69, 9.17) is 43.1 Å². The van der Waals surface area contributed by atoms with Gasteiger partial charge in [0, 0.05) is 15.6 Å². The molecular weight excluding hydrogens is 369 g/mol. The summed E-state index contributed by atoms with van der Waals surface area (Å²) in [6, 6.07) is 9.58. The molecule has 0 aliphatic rings. The summed E-state index contributed by atoms with van der Waals surface area (Å²) in [6.07, 6.45) is 0. The van der Waals surface area contributed by atoms with Gasteiger partial charge in [-0.3, -0.25) is 4.79 Å². The number of methoxy groups -OCH3 is 1. The van der Waals surface area contributed by atoms with E-state index in [0.717, 1.165) is 5.56 Å². The predicted octanol–water partition coefficient (Wildman–Crippen LogP) is 3.22. The summed E-state index contributed by atoms with van der Waals surface area (Å²) in [5.41, 5.74) is 5.89. The zero-order valence-electron chi connectivity index (χ0n) is 13.3. The van der Waals surface area contributed by atoms with E-state index in [0.29, 0.717) is 21.5 Å². The van der Waals surface area contributed by atoms with Crippen LogP contribution in [0.4, 0.5) is 0 Å². The molecule has 0 saturated carbocycles. The largest absolute Gasteiger partial charge is 0.493 e. The lowest BCUT2D eigenvalue weighted by Gasteiger charge is -2.13. The van der Waals surface area contributed by atoms with Crippen LogP contribution in [0, 0.1) is 0 Å². The highest BCUT2D eigenvalue weighted by molar-refractivity contribution is 6.35. The highest BCUT2D eigenvalue weighted by atomic mass is 35.5. The number of halogens is 2. The van der Waals surface area contributed by atoms with Gasteiger partial charge in [-0.05, 0) is 30.3 Å². The average Bonchev–Trinajstić information content (AvgIpc) is 2.58. The summed E-state index contributed by atoms with van der Waals surface area (Å²) in [5, 5.41) is 1.02. The van der Waals surface area contributed by atoms with E-state index in [-0.39, 0.29) is 12.2 Å². The molecule has 0 heterocycles. The Bertz CT molecular complexity index is 795. The first-order valence-corrected chi connectivity index (χ1v) is 7.86. The Morgan fingerprint density at radius 2 is 1.84 bits per heavy atom. The smallest absolute Gasteiger partial charge is 0.338 e. The van der Waals surface area contributed by atoms with Crippen molar-refractivity contribution in [1.82, 2.24) is 0 Å². The van der Waals surface area contributed by atoms with Crippen LogP contribution in [0.2, 0.25) is 10.0 Å². The molecule has 0 spiro atoms. The van der Waals surface area contributed by atoms with Gasteiger partial charge in [0.1, 0.15) is 6.61 Å². The molecule has 6 nitrogen and oxygen atoms in total. The topological polar surface area (TPSA) is 87.9 Å². The molecule has 2 N–H and O–H groups in total. The van der Waals surface area contributed by atoms with Crippen molar-refractivity contribution in [3.63, 3.8) is 0 Å². The highest BCUT2D eigenvalue weighted by Gasteiger charge is 2.14. The fourth-order valence-electron chi connectivity index (χ4n) is 1.93. The third-order valence-corrected chi connectivity index (χ3v) is 3.73. The molecule has 1 amide bonds. The highest BCUT2D eigenvalue weighted by Crippen LogP contribution is 2.30. The van der Waals surface area contributed by atoms with Gasteiger partial charge < -0.3 is 19.9 Å². The van der Waals surface area contributed by atoms with E-state index in [1.165, 1.54) is 19.2 Å². The Kier molecular flexibility index (Phi) is 6.50. The second-order valence-corrected chi connectivity index (χ2v) is 5.78. The first-order valence-electron chi connectivity index (χ1n) is 7.11. The predicted molar refractivity (Wildman–Crippen MR) is 93.3 cm³/mol. The fraction of sp³-hybridized carbons (Fsp3) is 0.176. The van der Waals surface area contributed by atoms with Gasteiger partial charge in [0.15, 0.2) is 18.1 Å². The van der Waals surface area contributed by atoms with Crippen molar-refractivity contribution < 1.29 is 23.8 Å². The third kappa shape index (κ3) is 5.27. The zero-order valence-corrected chi connectivity index (χ0v) is 14.8. The van der Waals surface area contributed by atoms with Crippen molar-refractivity contribution in [2.45, 2.75) is 6.61 Å². The number of hydrogen-bond acceptors (Lipinski definition) is 5. The molecule has 0 fully saturated rings. The molecule has 2 aromatic carbocycles. The minimum Gasteiger partial charge on any atom is -0.493 e. The monoisotopic (exact) mass is 383 g/mol. The second kappa shape index (κ2) is 8.60. The van der Waals surface area contributed by atoms with Gasteiger partial charge in [0.25, 0.3) is 5.91 Å². The summed E-state index contributed by atoms with van der Waals surface area (Å²) in [7, 11) is 1.44. The second-order valence-electron chi connectivity index (χ2n) is 4.93. The summed E-state index contributed by atoms with van der Waals surface area (Å²) in [5.74, 6) is -0.678. The van der Waals surface area contributed by atoms with E-state index < -0.39 is 18.5 Å². The van der Waals surface area contributed by atoms with Crippen LogP contribution in [-0.4, -0.2) is 25.6 Å². The van der Waals surface area contributed by atoms with Gasteiger partial charge in [0.05, 0.1) is 12.7 Å².